The second-order valence-corrected chi connectivity index (χ2v) is 8.30. The molecule has 1 saturated heterocycles. The zero-order chi connectivity index (χ0) is 20.2. The summed E-state index contributed by atoms with van der Waals surface area (Å²) < 4.78 is 0. The van der Waals surface area contributed by atoms with Crippen LogP contribution in [0.25, 0.3) is 0 Å². The smallest absolute Gasteiger partial charge is 0.326 e. The summed E-state index contributed by atoms with van der Waals surface area (Å²) in [6, 6.07) is 9.05. The van der Waals surface area contributed by atoms with Crippen LogP contribution in [-0.2, 0) is 14.4 Å². The van der Waals surface area contributed by atoms with E-state index in [2.05, 4.69) is 6.92 Å². The van der Waals surface area contributed by atoms with Gasteiger partial charge in [-0.05, 0) is 43.1 Å². The second kappa shape index (κ2) is 8.68. The maximum Gasteiger partial charge on any atom is 0.326 e. The largest absolute Gasteiger partial charge is 0.480 e. The van der Waals surface area contributed by atoms with E-state index < -0.39 is 29.1 Å². The molecule has 0 radical (unpaired) electrons. The molecule has 2 rings (SSSR count). The Morgan fingerprint density at radius 1 is 1.22 bits per heavy atom. The minimum Gasteiger partial charge on any atom is -0.480 e. The maximum atomic E-state index is 12.8. The summed E-state index contributed by atoms with van der Waals surface area (Å²) >= 11 is 0. The third kappa shape index (κ3) is 4.76. The van der Waals surface area contributed by atoms with Crippen LogP contribution in [0.3, 0.4) is 0 Å². The Hall–Kier alpha value is -2.17. The van der Waals surface area contributed by atoms with Crippen molar-refractivity contribution in [3.63, 3.8) is 0 Å². The molecule has 1 amide bonds. The molecule has 2 unspecified atom stereocenters. The fourth-order valence-corrected chi connectivity index (χ4v) is 3.84. The number of likely N-dealkylation sites (tertiary alicyclic amines) is 1. The number of benzene rings is 1. The van der Waals surface area contributed by atoms with Gasteiger partial charge in [-0.2, -0.15) is 0 Å². The highest BCUT2D eigenvalue weighted by Gasteiger charge is 2.44. The molecule has 0 aliphatic carbocycles. The van der Waals surface area contributed by atoms with Crippen LogP contribution >= 0.6 is 0 Å². The van der Waals surface area contributed by atoms with Crippen molar-refractivity contribution in [2.24, 2.45) is 11.3 Å². The lowest BCUT2D eigenvalue weighted by Gasteiger charge is -2.40. The number of piperidine rings is 1. The maximum absolute atomic E-state index is 12.8. The summed E-state index contributed by atoms with van der Waals surface area (Å²) in [7, 11) is 0. The molecule has 1 N–H and O–H groups in total. The van der Waals surface area contributed by atoms with Gasteiger partial charge in [0.2, 0.25) is 5.78 Å². The molecule has 3 atom stereocenters. The van der Waals surface area contributed by atoms with Crippen LogP contribution in [0.1, 0.15) is 64.9 Å². The molecule has 27 heavy (non-hydrogen) atoms. The minimum absolute atomic E-state index is 0.159. The Labute approximate surface area is 161 Å². The van der Waals surface area contributed by atoms with Gasteiger partial charge in [-0.25, -0.2) is 4.79 Å². The Balaban J connectivity index is 2.21. The highest BCUT2D eigenvalue weighted by Crippen LogP contribution is 2.34. The molecular formula is C22H31NO4. The molecule has 0 saturated carbocycles. The molecule has 1 aliphatic rings. The van der Waals surface area contributed by atoms with E-state index in [1.54, 1.807) is 13.8 Å². The highest BCUT2D eigenvalue weighted by atomic mass is 16.4. The Kier molecular flexibility index (Phi) is 6.79. The number of hydrogen-bond donors (Lipinski definition) is 1. The summed E-state index contributed by atoms with van der Waals surface area (Å²) in [5.41, 5.74) is 0.387. The van der Waals surface area contributed by atoms with Crippen LogP contribution in [0.5, 0.6) is 0 Å². The first kappa shape index (κ1) is 21.1. The van der Waals surface area contributed by atoms with Gasteiger partial charge in [0.15, 0.2) is 0 Å². The molecule has 1 fully saturated rings. The number of Topliss-reactive ketones (excluding diaryl/α,β-unsaturated/α-hetero) is 1. The van der Waals surface area contributed by atoms with Crippen molar-refractivity contribution in [2.45, 2.75) is 65.3 Å². The van der Waals surface area contributed by atoms with E-state index in [1.165, 1.54) is 4.90 Å². The number of aliphatic carboxylic acids is 1. The van der Waals surface area contributed by atoms with Crippen molar-refractivity contribution in [1.29, 1.82) is 0 Å². The number of rotatable bonds is 7. The lowest BCUT2D eigenvalue weighted by Crippen LogP contribution is -2.56. The molecule has 0 aromatic heterocycles. The predicted octanol–water partition coefficient (Wildman–Crippen LogP) is 3.88. The molecule has 5 nitrogen and oxygen atoms in total. The van der Waals surface area contributed by atoms with Crippen molar-refractivity contribution in [3.05, 3.63) is 35.9 Å². The number of carbonyl (C=O) groups excluding carboxylic acids is 2. The average molecular weight is 373 g/mol. The first-order valence-corrected chi connectivity index (χ1v) is 9.82. The molecule has 1 aliphatic heterocycles. The van der Waals surface area contributed by atoms with Gasteiger partial charge in [0.25, 0.3) is 5.91 Å². The van der Waals surface area contributed by atoms with Crippen LogP contribution in [0.15, 0.2) is 30.3 Å². The summed E-state index contributed by atoms with van der Waals surface area (Å²) in [6.07, 6.45) is 2.69. The summed E-state index contributed by atoms with van der Waals surface area (Å²) in [4.78, 5) is 38.8. The van der Waals surface area contributed by atoms with Gasteiger partial charge >= 0.3 is 5.97 Å². The lowest BCUT2D eigenvalue weighted by molar-refractivity contribution is -0.160. The molecule has 148 valence electrons. The van der Waals surface area contributed by atoms with Crippen LogP contribution in [-0.4, -0.2) is 40.3 Å². The molecule has 1 heterocycles. The highest BCUT2D eigenvalue weighted by molar-refractivity contribution is 6.38. The fourth-order valence-electron chi connectivity index (χ4n) is 3.84. The van der Waals surface area contributed by atoms with Crippen molar-refractivity contribution in [3.8, 4) is 0 Å². The number of carboxylic acids is 1. The predicted molar refractivity (Wildman–Crippen MR) is 104 cm³/mol. The van der Waals surface area contributed by atoms with Crippen LogP contribution < -0.4 is 0 Å². The normalized spacial score (nSPS) is 21.6. The summed E-state index contributed by atoms with van der Waals surface area (Å²) in [5.74, 6) is -2.13. The van der Waals surface area contributed by atoms with Crippen molar-refractivity contribution in [1.82, 2.24) is 4.90 Å². The molecule has 0 bridgehead atoms. The fraction of sp³-hybridized carbons (Fsp3) is 0.591. The standard InChI is InChI=1S/C22H31NO4/c1-5-22(3,4)19(24)20(25)23-13-9-12-17(18(23)21(26)27)14-15(2)16-10-7-6-8-11-16/h6-8,10-11,15,17-18H,5,9,12-14H2,1-4H3,(H,26,27)/t15-,17?,18?/m0/s1. The van der Waals surface area contributed by atoms with E-state index in [9.17, 15) is 19.5 Å². The summed E-state index contributed by atoms with van der Waals surface area (Å²) in [6.45, 7) is 7.75. The van der Waals surface area contributed by atoms with Crippen molar-refractivity contribution in [2.75, 3.05) is 6.54 Å². The molecule has 1 aromatic rings. The second-order valence-electron chi connectivity index (χ2n) is 8.30. The van der Waals surface area contributed by atoms with E-state index in [0.29, 0.717) is 19.4 Å². The van der Waals surface area contributed by atoms with E-state index in [1.807, 2.05) is 37.3 Å². The van der Waals surface area contributed by atoms with Crippen molar-refractivity contribution < 1.29 is 19.5 Å². The van der Waals surface area contributed by atoms with Gasteiger partial charge < -0.3 is 10.0 Å². The van der Waals surface area contributed by atoms with Gasteiger partial charge in [0, 0.05) is 12.0 Å². The van der Waals surface area contributed by atoms with Gasteiger partial charge in [0.05, 0.1) is 0 Å². The molecule has 1 aromatic carbocycles. The van der Waals surface area contributed by atoms with Crippen LogP contribution in [0.4, 0.5) is 0 Å². The van der Waals surface area contributed by atoms with Gasteiger partial charge in [-0.3, -0.25) is 9.59 Å². The average Bonchev–Trinajstić information content (AvgIpc) is 2.67. The molecular weight excluding hydrogens is 342 g/mol. The van der Waals surface area contributed by atoms with Crippen molar-refractivity contribution >= 4 is 17.7 Å². The number of amides is 1. The lowest BCUT2D eigenvalue weighted by atomic mass is 9.79. The Morgan fingerprint density at radius 3 is 2.41 bits per heavy atom. The zero-order valence-corrected chi connectivity index (χ0v) is 16.8. The zero-order valence-electron chi connectivity index (χ0n) is 16.8. The third-order valence-electron chi connectivity index (χ3n) is 5.99. The van der Waals surface area contributed by atoms with Crippen LogP contribution in [0, 0.1) is 11.3 Å². The number of nitrogens with zero attached hydrogens (tertiary/aromatic N) is 1. The van der Waals surface area contributed by atoms with E-state index in [4.69, 9.17) is 0 Å². The monoisotopic (exact) mass is 373 g/mol. The van der Waals surface area contributed by atoms with Gasteiger partial charge in [-0.15, -0.1) is 0 Å². The Bertz CT molecular complexity index is 683. The van der Waals surface area contributed by atoms with E-state index >= 15 is 0 Å². The SMILES string of the molecule is CCC(C)(C)C(=O)C(=O)N1CCCC(C[C@H](C)c2ccccc2)C1C(=O)O. The third-order valence-corrected chi connectivity index (χ3v) is 5.99. The van der Waals surface area contributed by atoms with Gasteiger partial charge in [-0.1, -0.05) is 58.0 Å². The number of hydrogen-bond acceptors (Lipinski definition) is 3. The first-order valence-electron chi connectivity index (χ1n) is 9.82. The van der Waals surface area contributed by atoms with Gasteiger partial charge in [0.1, 0.15) is 6.04 Å². The van der Waals surface area contributed by atoms with Crippen LogP contribution in [0.2, 0.25) is 0 Å². The Morgan fingerprint density at radius 2 is 1.85 bits per heavy atom. The quantitative estimate of drug-likeness (QED) is 0.736. The first-order chi connectivity index (χ1) is 12.7. The van der Waals surface area contributed by atoms with E-state index in [-0.39, 0.29) is 11.8 Å². The number of carbonyl (C=O) groups is 3. The topological polar surface area (TPSA) is 74.7 Å². The molecule has 5 heteroatoms. The minimum atomic E-state index is -1.02. The summed E-state index contributed by atoms with van der Waals surface area (Å²) in [5, 5.41) is 9.85. The molecule has 0 spiro atoms. The number of ketones is 1. The number of carboxylic acid groups (broad SMARTS) is 1. The van der Waals surface area contributed by atoms with E-state index in [0.717, 1.165) is 18.4 Å².